The van der Waals surface area contributed by atoms with Crippen LogP contribution in [0.25, 0.3) is 0 Å². The van der Waals surface area contributed by atoms with Crippen LogP contribution in [0, 0.1) is 18.3 Å². The molecule has 3 nitrogen and oxygen atoms in total. The van der Waals surface area contributed by atoms with Crippen molar-refractivity contribution in [1.82, 2.24) is 4.90 Å². The molecule has 4 atom stereocenters. The van der Waals surface area contributed by atoms with Gasteiger partial charge in [-0.15, -0.1) is 6.42 Å². The fourth-order valence-electron chi connectivity index (χ4n) is 4.32. The van der Waals surface area contributed by atoms with Gasteiger partial charge in [0, 0.05) is 24.4 Å². The summed E-state index contributed by atoms with van der Waals surface area (Å²) in [7, 11) is 2.17. The highest BCUT2D eigenvalue weighted by Gasteiger charge is 2.52. The highest BCUT2D eigenvalue weighted by Crippen LogP contribution is 2.45. The van der Waals surface area contributed by atoms with E-state index >= 15 is 0 Å². The van der Waals surface area contributed by atoms with Gasteiger partial charge in [0.1, 0.15) is 0 Å². The van der Waals surface area contributed by atoms with Crippen LogP contribution < -0.4 is 0 Å². The van der Waals surface area contributed by atoms with E-state index in [1.54, 1.807) is 12.1 Å². The van der Waals surface area contributed by atoms with Gasteiger partial charge < -0.3 is 9.64 Å². The summed E-state index contributed by atoms with van der Waals surface area (Å²) in [4.78, 5) is 15.0. The van der Waals surface area contributed by atoms with Crippen LogP contribution >= 0.6 is 0 Å². The second-order valence-electron chi connectivity index (χ2n) is 6.97. The van der Waals surface area contributed by atoms with Crippen LogP contribution in [0.5, 0.6) is 0 Å². The molecule has 1 aromatic rings. The Labute approximate surface area is 139 Å². The Bertz CT molecular complexity index is 606. The number of benzene rings is 1. The molecule has 1 saturated heterocycles. The minimum atomic E-state index is -0.774. The number of piperidine rings is 1. The number of rotatable bonds is 2. The van der Waals surface area contributed by atoms with Crippen LogP contribution in [-0.2, 0) is 4.74 Å². The Hall–Kier alpha value is -1.79. The smallest absolute Gasteiger partial charge is 0.339 e. The van der Waals surface area contributed by atoms with Gasteiger partial charge in [-0.3, -0.25) is 0 Å². The van der Waals surface area contributed by atoms with Crippen LogP contribution in [0.15, 0.2) is 30.3 Å². The standard InChI is InChI=1S/C20H25NO2/c1-4-20(23-19(22)16-10-6-5-7-11-16)14-15(2)21(3)18-13-9-8-12-17(18)20/h1,5-7,10-11,15,17-18H,8-9,12-14H2,2-3H3/t15-,17+,18+,20-/m1/s1. The summed E-state index contributed by atoms with van der Waals surface area (Å²) < 4.78 is 6.00. The predicted octanol–water partition coefficient (Wildman–Crippen LogP) is 3.50. The number of esters is 1. The number of carbonyl (C=O) groups is 1. The van der Waals surface area contributed by atoms with Gasteiger partial charge in [-0.05, 0) is 38.9 Å². The number of ether oxygens (including phenoxy) is 1. The Kier molecular flexibility index (Phi) is 4.46. The molecule has 23 heavy (non-hydrogen) atoms. The van der Waals surface area contributed by atoms with Crippen molar-refractivity contribution >= 4 is 5.97 Å². The SMILES string of the molecule is C#C[C@@]1(OC(=O)c2ccccc2)C[C@@H](C)N(C)[C@H]2CCCC[C@@H]21. The van der Waals surface area contributed by atoms with Gasteiger partial charge in [0.2, 0.25) is 0 Å². The van der Waals surface area contributed by atoms with Gasteiger partial charge in [-0.2, -0.15) is 0 Å². The second kappa shape index (κ2) is 6.37. The summed E-state index contributed by atoms with van der Waals surface area (Å²) >= 11 is 0. The number of carbonyl (C=O) groups excluding carboxylic acids is 1. The zero-order valence-electron chi connectivity index (χ0n) is 14.0. The van der Waals surface area contributed by atoms with Gasteiger partial charge in [0.05, 0.1) is 5.56 Å². The molecule has 1 heterocycles. The van der Waals surface area contributed by atoms with E-state index in [0.29, 0.717) is 24.1 Å². The Morgan fingerprint density at radius 2 is 2.00 bits per heavy atom. The van der Waals surface area contributed by atoms with Crippen molar-refractivity contribution in [2.45, 2.75) is 56.7 Å². The third-order valence-electron chi connectivity index (χ3n) is 5.67. The minimum Gasteiger partial charge on any atom is -0.442 e. The van der Waals surface area contributed by atoms with Crippen LogP contribution in [0.3, 0.4) is 0 Å². The molecule has 1 saturated carbocycles. The molecule has 1 aliphatic carbocycles. The van der Waals surface area contributed by atoms with E-state index in [-0.39, 0.29) is 11.9 Å². The largest absolute Gasteiger partial charge is 0.442 e. The topological polar surface area (TPSA) is 29.5 Å². The first-order chi connectivity index (χ1) is 11.1. The monoisotopic (exact) mass is 311 g/mol. The minimum absolute atomic E-state index is 0.232. The molecule has 0 unspecified atom stereocenters. The molecule has 2 aliphatic rings. The van der Waals surface area contributed by atoms with Crippen molar-refractivity contribution in [3.05, 3.63) is 35.9 Å². The lowest BCUT2D eigenvalue weighted by molar-refractivity contribution is -0.101. The maximum absolute atomic E-state index is 12.6. The number of fused-ring (bicyclic) bond motifs is 1. The fraction of sp³-hybridized carbons (Fsp3) is 0.550. The van der Waals surface area contributed by atoms with Crippen LogP contribution in [0.2, 0.25) is 0 Å². The molecule has 0 amide bonds. The first-order valence-corrected chi connectivity index (χ1v) is 8.55. The van der Waals surface area contributed by atoms with E-state index in [4.69, 9.17) is 11.2 Å². The van der Waals surface area contributed by atoms with E-state index in [1.165, 1.54) is 6.42 Å². The summed E-state index contributed by atoms with van der Waals surface area (Å²) in [6, 6.07) is 9.87. The highest BCUT2D eigenvalue weighted by molar-refractivity contribution is 5.89. The lowest BCUT2D eigenvalue weighted by atomic mass is 9.67. The number of hydrogen-bond acceptors (Lipinski definition) is 3. The quantitative estimate of drug-likeness (QED) is 0.618. The Balaban J connectivity index is 1.89. The number of likely N-dealkylation sites (tertiary alicyclic amines) is 1. The fourth-order valence-corrected chi connectivity index (χ4v) is 4.32. The third kappa shape index (κ3) is 2.88. The molecule has 0 radical (unpaired) electrons. The van der Waals surface area contributed by atoms with E-state index in [2.05, 4.69) is 24.8 Å². The summed E-state index contributed by atoms with van der Waals surface area (Å²) in [6.07, 6.45) is 11.2. The van der Waals surface area contributed by atoms with Gasteiger partial charge in [-0.1, -0.05) is 37.0 Å². The molecule has 0 bridgehead atoms. The van der Waals surface area contributed by atoms with Crippen molar-refractivity contribution in [1.29, 1.82) is 0 Å². The Morgan fingerprint density at radius 1 is 1.30 bits per heavy atom. The first kappa shape index (κ1) is 16.1. The predicted molar refractivity (Wildman–Crippen MR) is 91.0 cm³/mol. The van der Waals surface area contributed by atoms with Gasteiger partial charge in [0.25, 0.3) is 0 Å². The zero-order valence-corrected chi connectivity index (χ0v) is 14.0. The van der Waals surface area contributed by atoms with Crippen LogP contribution in [-0.4, -0.2) is 35.6 Å². The molecule has 122 valence electrons. The molecule has 3 rings (SSSR count). The van der Waals surface area contributed by atoms with Crippen molar-refractivity contribution in [3.8, 4) is 12.3 Å². The molecular formula is C20H25NO2. The molecular weight excluding hydrogens is 286 g/mol. The average molecular weight is 311 g/mol. The first-order valence-electron chi connectivity index (χ1n) is 8.55. The Morgan fingerprint density at radius 3 is 2.70 bits per heavy atom. The van der Waals surface area contributed by atoms with Crippen molar-refractivity contribution in [2.75, 3.05) is 7.05 Å². The van der Waals surface area contributed by atoms with Crippen molar-refractivity contribution < 1.29 is 9.53 Å². The highest BCUT2D eigenvalue weighted by atomic mass is 16.6. The molecule has 2 fully saturated rings. The molecule has 0 aromatic heterocycles. The lowest BCUT2D eigenvalue weighted by Crippen LogP contribution is -2.61. The van der Waals surface area contributed by atoms with Crippen LogP contribution in [0.4, 0.5) is 0 Å². The van der Waals surface area contributed by atoms with E-state index in [1.807, 2.05) is 18.2 Å². The number of terminal acetylenes is 1. The molecule has 1 aromatic carbocycles. The second-order valence-corrected chi connectivity index (χ2v) is 6.97. The summed E-state index contributed by atoms with van der Waals surface area (Å²) in [5.74, 6) is 2.83. The zero-order chi connectivity index (χ0) is 16.4. The molecule has 1 aliphatic heterocycles. The molecule has 3 heteroatoms. The maximum Gasteiger partial charge on any atom is 0.339 e. The summed E-state index contributed by atoms with van der Waals surface area (Å²) in [5.41, 5.74) is -0.203. The van der Waals surface area contributed by atoms with Crippen LogP contribution in [0.1, 0.15) is 49.4 Å². The van der Waals surface area contributed by atoms with E-state index < -0.39 is 5.60 Å². The maximum atomic E-state index is 12.6. The van der Waals surface area contributed by atoms with Crippen molar-refractivity contribution in [3.63, 3.8) is 0 Å². The van der Waals surface area contributed by atoms with Gasteiger partial charge in [0.15, 0.2) is 5.60 Å². The average Bonchev–Trinajstić information content (AvgIpc) is 2.60. The van der Waals surface area contributed by atoms with Gasteiger partial charge >= 0.3 is 5.97 Å². The van der Waals surface area contributed by atoms with Crippen molar-refractivity contribution in [2.24, 2.45) is 5.92 Å². The number of nitrogens with zero attached hydrogens (tertiary/aromatic N) is 1. The van der Waals surface area contributed by atoms with E-state index in [9.17, 15) is 4.79 Å². The number of hydrogen-bond donors (Lipinski definition) is 0. The van der Waals surface area contributed by atoms with Gasteiger partial charge in [-0.25, -0.2) is 4.79 Å². The summed E-state index contributed by atoms with van der Waals surface area (Å²) in [5, 5.41) is 0. The van der Waals surface area contributed by atoms with E-state index in [0.717, 1.165) is 19.3 Å². The summed E-state index contributed by atoms with van der Waals surface area (Å²) in [6.45, 7) is 2.17. The molecule has 0 spiro atoms. The third-order valence-corrected chi connectivity index (χ3v) is 5.67. The lowest BCUT2D eigenvalue weighted by Gasteiger charge is -2.53. The molecule has 0 N–H and O–H groups in total. The normalized spacial score (nSPS) is 34.2.